The molecule has 0 saturated heterocycles. The van der Waals surface area contributed by atoms with Crippen LogP contribution in [-0.4, -0.2) is 17.6 Å². The average Bonchev–Trinajstić information content (AvgIpc) is 2.34. The van der Waals surface area contributed by atoms with Crippen molar-refractivity contribution in [3.8, 4) is 0 Å². The van der Waals surface area contributed by atoms with Crippen LogP contribution >= 0.6 is 12.2 Å². The highest BCUT2D eigenvalue weighted by atomic mass is 32.1. The van der Waals surface area contributed by atoms with Gasteiger partial charge in [0.1, 0.15) is 0 Å². The number of nitrogens with one attached hydrogen (secondary N) is 2. The molecule has 0 unspecified atom stereocenters. The zero-order valence-corrected chi connectivity index (χ0v) is 11.3. The number of carbonyl (C=O) groups excluding carboxylic acids is 1. The highest BCUT2D eigenvalue weighted by Gasteiger charge is 2.33. The van der Waals surface area contributed by atoms with Gasteiger partial charge < -0.3 is 16.4 Å². The minimum absolute atomic E-state index is 0.275. The van der Waals surface area contributed by atoms with Crippen LogP contribution in [0.3, 0.4) is 0 Å². The molecule has 8 heteroatoms. The second-order valence-electron chi connectivity index (χ2n) is 3.99. The lowest BCUT2D eigenvalue weighted by atomic mass is 10.1. The van der Waals surface area contributed by atoms with Gasteiger partial charge >= 0.3 is 12.2 Å². The van der Waals surface area contributed by atoms with Crippen LogP contribution in [0.2, 0.25) is 0 Å². The van der Waals surface area contributed by atoms with Crippen LogP contribution in [0.1, 0.15) is 18.4 Å². The molecule has 0 spiro atoms. The Labute approximate surface area is 119 Å². The Bertz CT molecular complexity index is 491. The van der Waals surface area contributed by atoms with Gasteiger partial charge in [0.15, 0.2) is 0 Å². The molecule has 110 valence electrons. The van der Waals surface area contributed by atoms with E-state index in [0.29, 0.717) is 17.8 Å². The van der Waals surface area contributed by atoms with Crippen LogP contribution in [0.15, 0.2) is 24.3 Å². The molecule has 0 atom stereocenters. The monoisotopic (exact) mass is 305 g/mol. The molecule has 1 aromatic rings. The van der Waals surface area contributed by atoms with Crippen LogP contribution < -0.4 is 16.4 Å². The fourth-order valence-corrected chi connectivity index (χ4v) is 1.61. The SMILES string of the molecule is NC(=S)CCCNC(=O)Nc1ccccc1C(F)(F)F. The number of rotatable bonds is 5. The molecule has 1 aromatic carbocycles. The maximum atomic E-state index is 12.7. The number of nitrogens with two attached hydrogens (primary N) is 1. The first-order chi connectivity index (χ1) is 9.30. The number of anilines is 1. The highest BCUT2D eigenvalue weighted by molar-refractivity contribution is 7.80. The van der Waals surface area contributed by atoms with E-state index in [1.165, 1.54) is 18.2 Å². The minimum Gasteiger partial charge on any atom is -0.393 e. The summed E-state index contributed by atoms with van der Waals surface area (Å²) in [5, 5.41) is 4.60. The van der Waals surface area contributed by atoms with Gasteiger partial charge in [-0.3, -0.25) is 0 Å². The first-order valence-electron chi connectivity index (χ1n) is 5.80. The molecule has 0 aliphatic heterocycles. The van der Waals surface area contributed by atoms with E-state index in [4.69, 9.17) is 5.73 Å². The largest absolute Gasteiger partial charge is 0.418 e. The van der Waals surface area contributed by atoms with Crippen molar-refractivity contribution in [2.24, 2.45) is 5.73 Å². The van der Waals surface area contributed by atoms with Crippen molar-refractivity contribution in [2.75, 3.05) is 11.9 Å². The Morgan fingerprint density at radius 2 is 1.95 bits per heavy atom. The number of halogens is 3. The fourth-order valence-electron chi connectivity index (χ4n) is 1.47. The van der Waals surface area contributed by atoms with E-state index in [1.807, 2.05) is 0 Å². The number of hydrogen-bond donors (Lipinski definition) is 3. The van der Waals surface area contributed by atoms with Gasteiger partial charge in [-0.05, 0) is 25.0 Å². The van der Waals surface area contributed by atoms with E-state index in [1.54, 1.807) is 0 Å². The third kappa shape index (κ3) is 5.43. The lowest BCUT2D eigenvalue weighted by Gasteiger charge is -2.13. The predicted molar refractivity (Wildman–Crippen MR) is 74.5 cm³/mol. The Morgan fingerprint density at radius 1 is 1.30 bits per heavy atom. The molecule has 0 aromatic heterocycles. The lowest BCUT2D eigenvalue weighted by molar-refractivity contribution is -0.136. The first kappa shape index (κ1) is 16.2. The zero-order valence-electron chi connectivity index (χ0n) is 10.5. The van der Waals surface area contributed by atoms with Gasteiger partial charge in [0.2, 0.25) is 0 Å². The third-order valence-electron chi connectivity index (χ3n) is 2.37. The number of urea groups is 1. The number of thiocarbonyl (C=S) groups is 1. The number of alkyl halides is 3. The summed E-state index contributed by atoms with van der Waals surface area (Å²) in [6.07, 6.45) is -3.52. The molecule has 4 nitrogen and oxygen atoms in total. The maximum absolute atomic E-state index is 12.7. The van der Waals surface area contributed by atoms with E-state index >= 15 is 0 Å². The molecule has 4 N–H and O–H groups in total. The molecule has 0 aliphatic rings. The second kappa shape index (κ2) is 7.09. The van der Waals surface area contributed by atoms with Gasteiger partial charge in [0.25, 0.3) is 0 Å². The summed E-state index contributed by atoms with van der Waals surface area (Å²) in [5.41, 5.74) is 4.10. The van der Waals surface area contributed by atoms with E-state index in [2.05, 4.69) is 22.9 Å². The van der Waals surface area contributed by atoms with Gasteiger partial charge in [0, 0.05) is 6.54 Å². The van der Waals surface area contributed by atoms with Crippen molar-refractivity contribution in [3.63, 3.8) is 0 Å². The molecular formula is C12H14F3N3OS. The molecule has 0 saturated carbocycles. The zero-order chi connectivity index (χ0) is 15.2. The molecule has 0 heterocycles. The van der Waals surface area contributed by atoms with Crippen LogP contribution in [0.4, 0.5) is 23.7 Å². The third-order valence-corrected chi connectivity index (χ3v) is 2.57. The standard InChI is InChI=1S/C12H14F3N3OS/c13-12(14,15)8-4-1-2-5-9(8)18-11(19)17-7-3-6-10(16)20/h1-2,4-5H,3,6-7H2,(H2,16,20)(H2,17,18,19). The maximum Gasteiger partial charge on any atom is 0.418 e. The topological polar surface area (TPSA) is 67.1 Å². The number of benzene rings is 1. The van der Waals surface area contributed by atoms with Gasteiger partial charge in [-0.1, -0.05) is 24.4 Å². The Hall–Kier alpha value is -1.83. The molecule has 0 radical (unpaired) electrons. The molecule has 0 bridgehead atoms. The highest BCUT2D eigenvalue weighted by Crippen LogP contribution is 2.34. The van der Waals surface area contributed by atoms with E-state index in [9.17, 15) is 18.0 Å². The van der Waals surface area contributed by atoms with Crippen molar-refractivity contribution in [1.82, 2.24) is 5.32 Å². The average molecular weight is 305 g/mol. The summed E-state index contributed by atoms with van der Waals surface area (Å²) in [6.45, 7) is 0.275. The minimum atomic E-state index is -4.52. The molecule has 2 amide bonds. The van der Waals surface area contributed by atoms with Crippen molar-refractivity contribution in [1.29, 1.82) is 0 Å². The van der Waals surface area contributed by atoms with Crippen molar-refractivity contribution >= 4 is 28.9 Å². The van der Waals surface area contributed by atoms with Crippen LogP contribution in [-0.2, 0) is 6.18 Å². The van der Waals surface area contributed by atoms with E-state index in [0.717, 1.165) is 6.07 Å². The Balaban J connectivity index is 2.56. The van der Waals surface area contributed by atoms with Gasteiger partial charge in [-0.15, -0.1) is 0 Å². The summed E-state index contributed by atoms with van der Waals surface area (Å²) in [6, 6.07) is 4.07. The van der Waals surface area contributed by atoms with E-state index < -0.39 is 17.8 Å². The first-order valence-corrected chi connectivity index (χ1v) is 6.21. The quantitative estimate of drug-likeness (QED) is 0.579. The normalized spacial score (nSPS) is 10.9. The number of carbonyl (C=O) groups is 1. The fraction of sp³-hybridized carbons (Fsp3) is 0.333. The van der Waals surface area contributed by atoms with Crippen molar-refractivity contribution in [3.05, 3.63) is 29.8 Å². The van der Waals surface area contributed by atoms with Crippen LogP contribution in [0.5, 0.6) is 0 Å². The van der Waals surface area contributed by atoms with Crippen molar-refractivity contribution in [2.45, 2.75) is 19.0 Å². The van der Waals surface area contributed by atoms with Crippen LogP contribution in [0, 0.1) is 0 Å². The summed E-state index contributed by atoms with van der Waals surface area (Å²) in [5.74, 6) is 0. The Morgan fingerprint density at radius 3 is 2.55 bits per heavy atom. The van der Waals surface area contributed by atoms with Gasteiger partial charge in [0.05, 0.1) is 16.2 Å². The van der Waals surface area contributed by atoms with Gasteiger partial charge in [-0.25, -0.2) is 4.79 Å². The van der Waals surface area contributed by atoms with Gasteiger partial charge in [-0.2, -0.15) is 13.2 Å². The summed E-state index contributed by atoms with van der Waals surface area (Å²) in [7, 11) is 0. The molecule has 0 aliphatic carbocycles. The number of amides is 2. The van der Waals surface area contributed by atoms with Crippen LogP contribution in [0.25, 0.3) is 0 Å². The molecule has 20 heavy (non-hydrogen) atoms. The van der Waals surface area contributed by atoms with E-state index in [-0.39, 0.29) is 12.2 Å². The smallest absolute Gasteiger partial charge is 0.393 e. The summed E-state index contributed by atoms with van der Waals surface area (Å²) in [4.78, 5) is 11.8. The lowest BCUT2D eigenvalue weighted by Crippen LogP contribution is -2.30. The van der Waals surface area contributed by atoms with Crippen molar-refractivity contribution < 1.29 is 18.0 Å². The number of para-hydroxylation sites is 1. The second-order valence-corrected chi connectivity index (χ2v) is 4.52. The summed E-state index contributed by atoms with van der Waals surface area (Å²) < 4.78 is 38.1. The molecular weight excluding hydrogens is 291 g/mol. The predicted octanol–water partition coefficient (Wildman–Crippen LogP) is 2.89. The summed E-state index contributed by atoms with van der Waals surface area (Å²) >= 11 is 4.66. The molecule has 0 fully saturated rings. The number of hydrogen-bond acceptors (Lipinski definition) is 2. The Kier molecular flexibility index (Phi) is 5.75. The molecule has 1 rings (SSSR count).